The number of hydrogen-bond acceptors (Lipinski definition) is 11. The summed E-state index contributed by atoms with van der Waals surface area (Å²) in [6.07, 6.45) is 0.865. The molecular formula is C35H43N5O8. The van der Waals surface area contributed by atoms with E-state index >= 15 is 0 Å². The Balaban J connectivity index is 1.57. The zero-order chi connectivity index (χ0) is 35.4. The number of Topliss-reactive ketones (excluding diaryl/α,β-unsaturated/α-hetero) is 4. The zero-order valence-electron chi connectivity index (χ0n) is 28.1. The number of primary amides is 1. The normalized spacial score (nSPS) is 26.6. The fourth-order valence-electron chi connectivity index (χ4n) is 7.80. The number of nitrogens with two attached hydrogens (primary N) is 1. The Morgan fingerprint density at radius 2 is 1.71 bits per heavy atom. The molecule has 3 aliphatic carbocycles. The van der Waals surface area contributed by atoms with Gasteiger partial charge >= 0.3 is 0 Å². The lowest BCUT2D eigenvalue weighted by Crippen LogP contribution is -2.74. The second-order valence-corrected chi connectivity index (χ2v) is 13.8. The lowest BCUT2D eigenvalue weighted by atomic mass is 9.52. The van der Waals surface area contributed by atoms with Crippen molar-refractivity contribution in [1.29, 1.82) is 0 Å². The van der Waals surface area contributed by atoms with E-state index in [1.807, 2.05) is 19.0 Å². The highest BCUT2D eigenvalue weighted by Crippen LogP contribution is 2.53. The summed E-state index contributed by atoms with van der Waals surface area (Å²) < 4.78 is 0. The lowest BCUT2D eigenvalue weighted by molar-refractivity contribution is -0.181. The van der Waals surface area contributed by atoms with Crippen LogP contribution < -0.4 is 16.0 Å². The number of hydrogen-bond donors (Lipinski definition) is 4. The molecule has 0 aromatic heterocycles. The fourth-order valence-corrected chi connectivity index (χ4v) is 7.80. The maximum atomic E-state index is 14.4. The Labute approximate surface area is 279 Å². The number of carbonyl (C=O) groups excluding carboxylic acids is 6. The maximum absolute atomic E-state index is 14.4. The van der Waals surface area contributed by atoms with E-state index in [0.717, 1.165) is 13.0 Å². The van der Waals surface area contributed by atoms with Crippen molar-refractivity contribution in [3.05, 3.63) is 47.0 Å². The van der Waals surface area contributed by atoms with E-state index in [2.05, 4.69) is 5.32 Å². The molecule has 0 radical (unpaired) electrons. The third-order valence-electron chi connectivity index (χ3n) is 10.0. The summed E-state index contributed by atoms with van der Waals surface area (Å²) >= 11 is 0. The molecule has 2 aromatic carbocycles. The Morgan fingerprint density at radius 3 is 2.31 bits per heavy atom. The lowest BCUT2D eigenvalue weighted by Gasteiger charge is -2.52. The number of amides is 2. The first-order valence-electron chi connectivity index (χ1n) is 16.0. The van der Waals surface area contributed by atoms with Gasteiger partial charge in [-0.2, -0.15) is 0 Å². The first-order chi connectivity index (χ1) is 22.5. The van der Waals surface area contributed by atoms with Gasteiger partial charge in [0, 0.05) is 43.4 Å². The van der Waals surface area contributed by atoms with Gasteiger partial charge in [0.2, 0.25) is 5.91 Å². The van der Waals surface area contributed by atoms with Gasteiger partial charge < -0.3 is 31.1 Å². The molecule has 256 valence electrons. The summed E-state index contributed by atoms with van der Waals surface area (Å²) in [4.78, 5) is 86.0. The number of nitrogens with one attached hydrogen (secondary N) is 1. The third-order valence-corrected chi connectivity index (χ3v) is 10.0. The summed E-state index contributed by atoms with van der Waals surface area (Å²) in [5, 5.41) is 26.5. The van der Waals surface area contributed by atoms with Gasteiger partial charge in [0.25, 0.3) is 5.91 Å². The van der Waals surface area contributed by atoms with Crippen LogP contribution in [0.1, 0.15) is 39.1 Å². The van der Waals surface area contributed by atoms with Gasteiger partial charge in [0.15, 0.2) is 34.7 Å². The van der Waals surface area contributed by atoms with Crippen LogP contribution >= 0.6 is 0 Å². The largest absolute Gasteiger partial charge is 0.507 e. The van der Waals surface area contributed by atoms with Crippen molar-refractivity contribution >= 4 is 40.6 Å². The Bertz CT molecular complexity index is 1720. The number of aliphatic hydroxyl groups is 1. The first-order valence-corrected chi connectivity index (χ1v) is 16.0. The molecule has 2 amide bonds. The van der Waals surface area contributed by atoms with Crippen LogP contribution in [0.4, 0.5) is 5.69 Å². The van der Waals surface area contributed by atoms with E-state index in [1.165, 1.54) is 4.90 Å². The minimum atomic E-state index is -2.80. The van der Waals surface area contributed by atoms with E-state index in [-0.39, 0.29) is 29.9 Å². The predicted molar refractivity (Wildman–Crippen MR) is 177 cm³/mol. The molecule has 0 aliphatic heterocycles. The number of rotatable bonds is 9. The van der Waals surface area contributed by atoms with Crippen LogP contribution in [0.25, 0.3) is 11.1 Å². The minimum Gasteiger partial charge on any atom is -0.507 e. The van der Waals surface area contributed by atoms with Crippen LogP contribution in [-0.4, -0.2) is 122 Å². The van der Waals surface area contributed by atoms with Gasteiger partial charge in [-0.05, 0) is 89.2 Å². The van der Waals surface area contributed by atoms with Gasteiger partial charge in [0.1, 0.15) is 5.75 Å². The molecule has 3 aliphatic rings. The van der Waals surface area contributed by atoms with Crippen LogP contribution in [0.15, 0.2) is 30.3 Å². The molecule has 0 bridgehead atoms. The molecule has 2 fully saturated rings. The van der Waals surface area contributed by atoms with Gasteiger partial charge in [0.05, 0.1) is 17.5 Å². The van der Waals surface area contributed by atoms with Gasteiger partial charge in [-0.15, -0.1) is 0 Å². The Hall–Kier alpha value is -4.46. The number of aromatic hydroxyl groups is 1. The predicted octanol–water partition coefficient (Wildman–Crippen LogP) is 0.282. The van der Waals surface area contributed by atoms with Crippen LogP contribution in [0, 0.1) is 23.7 Å². The average Bonchev–Trinajstić information content (AvgIpc) is 3.00. The number of fused-ring (bicyclic) bond motifs is 3. The second kappa shape index (κ2) is 12.9. The molecule has 13 heteroatoms. The standard InChI is InChI=1S/C35H43N5O8/c1-38(2)12-8-11-37-34(47)18-10-7-9-17(13-18)20-16-23(39(3)4)21-14-19-15-22-27(40(5)6)30(43)26(33(36)46)32(45)35(22,48)31(44)24(19)29(42)25(21)28(20)41/h7,9-10,13,16,19,22,24,26-27,41,48H,8,11-12,14-15H2,1-6H3,(H2,36,46)(H,37,47)/t19-,22-,24?,26?,27-,35-/m0/s1. The second-order valence-electron chi connectivity index (χ2n) is 13.8. The van der Waals surface area contributed by atoms with E-state index in [0.29, 0.717) is 28.9 Å². The van der Waals surface area contributed by atoms with Crippen LogP contribution in [-0.2, 0) is 25.6 Å². The molecule has 6 atom stereocenters. The highest BCUT2D eigenvalue weighted by Gasteiger charge is 2.69. The molecule has 2 aromatic rings. The number of anilines is 1. The number of likely N-dealkylation sites (N-methyl/N-ethyl adjacent to an activating group) is 1. The third kappa shape index (κ3) is 5.59. The van der Waals surface area contributed by atoms with Gasteiger partial charge in [-0.3, -0.25) is 33.7 Å². The fraction of sp³-hybridized carbons (Fsp3) is 0.486. The van der Waals surface area contributed by atoms with Crippen molar-refractivity contribution < 1.29 is 39.0 Å². The molecule has 2 unspecified atom stereocenters. The summed E-state index contributed by atoms with van der Waals surface area (Å²) in [7, 11) is 10.5. The smallest absolute Gasteiger partial charge is 0.251 e. The highest BCUT2D eigenvalue weighted by atomic mass is 16.3. The van der Waals surface area contributed by atoms with Crippen molar-refractivity contribution in [1.82, 2.24) is 15.1 Å². The molecule has 48 heavy (non-hydrogen) atoms. The van der Waals surface area contributed by atoms with E-state index in [1.54, 1.807) is 63.4 Å². The minimum absolute atomic E-state index is 0.0367. The molecule has 5 rings (SSSR count). The summed E-state index contributed by atoms with van der Waals surface area (Å²) in [6, 6.07) is 7.18. The van der Waals surface area contributed by atoms with Crippen LogP contribution in [0.2, 0.25) is 0 Å². The topological polar surface area (TPSA) is 191 Å². The van der Waals surface area contributed by atoms with Gasteiger partial charge in [-0.1, -0.05) is 12.1 Å². The first kappa shape index (κ1) is 34.9. The van der Waals surface area contributed by atoms with Crippen LogP contribution in [0.3, 0.4) is 0 Å². The Kier molecular flexibility index (Phi) is 9.34. The monoisotopic (exact) mass is 661 g/mol. The number of benzene rings is 2. The Morgan fingerprint density at radius 1 is 1.02 bits per heavy atom. The summed E-state index contributed by atoms with van der Waals surface area (Å²) in [6.45, 7) is 1.28. The van der Waals surface area contributed by atoms with Crippen LogP contribution in [0.5, 0.6) is 5.75 Å². The number of carbonyl (C=O) groups is 6. The molecule has 2 saturated carbocycles. The number of ketones is 4. The van der Waals surface area contributed by atoms with Crippen molar-refractivity contribution in [2.45, 2.75) is 30.9 Å². The molecule has 0 heterocycles. The van der Waals surface area contributed by atoms with Crippen molar-refractivity contribution in [2.24, 2.45) is 29.4 Å². The number of phenols is 1. The number of nitrogens with zero attached hydrogens (tertiary/aromatic N) is 3. The van der Waals surface area contributed by atoms with E-state index in [4.69, 9.17) is 5.73 Å². The van der Waals surface area contributed by atoms with Crippen molar-refractivity contribution in [3.63, 3.8) is 0 Å². The summed E-state index contributed by atoms with van der Waals surface area (Å²) in [5.74, 6) is -11.4. The zero-order valence-corrected chi connectivity index (χ0v) is 28.1. The summed E-state index contributed by atoms with van der Waals surface area (Å²) in [5.41, 5.74) is 4.66. The maximum Gasteiger partial charge on any atom is 0.251 e. The quantitative estimate of drug-likeness (QED) is 0.213. The van der Waals surface area contributed by atoms with E-state index < -0.39 is 70.1 Å². The van der Waals surface area contributed by atoms with Crippen molar-refractivity contribution in [3.8, 4) is 16.9 Å². The number of phenolic OH excluding ortho intramolecular Hbond substituents is 1. The van der Waals surface area contributed by atoms with E-state index in [9.17, 15) is 39.0 Å². The van der Waals surface area contributed by atoms with Crippen molar-refractivity contribution in [2.75, 3.05) is 60.3 Å². The molecule has 5 N–H and O–H groups in total. The SMILES string of the molecule is CN(C)CCCNC(=O)c1cccc(-c2cc(N(C)C)c3c(c2O)C(=O)C2C(=O)[C@]4(O)C(=O)C(C(N)=O)C(=O)[C@@H](N(C)C)[C@@H]4C[C@@H]2C3)c1. The highest BCUT2D eigenvalue weighted by molar-refractivity contribution is 6.32. The van der Waals surface area contributed by atoms with Gasteiger partial charge in [-0.25, -0.2) is 0 Å². The molecule has 13 nitrogen and oxygen atoms in total. The molecule has 0 spiro atoms. The average molecular weight is 662 g/mol. The molecular weight excluding hydrogens is 618 g/mol. The molecule has 0 saturated heterocycles.